The molecule has 2 aromatic rings. The van der Waals surface area contributed by atoms with E-state index < -0.39 is 39.5 Å². The van der Waals surface area contributed by atoms with Crippen molar-refractivity contribution in [1.29, 1.82) is 0 Å². The normalized spacial score (nSPS) is 13.3. The summed E-state index contributed by atoms with van der Waals surface area (Å²) in [5, 5.41) is 8.94. The number of benzene rings is 2. The van der Waals surface area contributed by atoms with E-state index in [0.717, 1.165) is 13.0 Å². The first-order chi connectivity index (χ1) is 12.0. The molecule has 26 heavy (non-hydrogen) atoms. The van der Waals surface area contributed by atoms with Crippen molar-refractivity contribution in [2.45, 2.75) is 24.0 Å². The fourth-order valence-corrected chi connectivity index (χ4v) is 4.11. The van der Waals surface area contributed by atoms with E-state index in [-0.39, 0.29) is 9.92 Å². The van der Waals surface area contributed by atoms with Gasteiger partial charge in [0, 0.05) is 0 Å². The fraction of sp³-hybridized carbons (Fsp3) is 0.188. The van der Waals surface area contributed by atoms with Crippen LogP contribution in [0.4, 0.5) is 18.9 Å². The van der Waals surface area contributed by atoms with Crippen LogP contribution in [0.3, 0.4) is 0 Å². The minimum absolute atomic E-state index is 0.276. The van der Waals surface area contributed by atoms with E-state index in [1.54, 1.807) is 6.07 Å². The van der Waals surface area contributed by atoms with Gasteiger partial charge in [-0.25, -0.2) is 13.2 Å². The van der Waals surface area contributed by atoms with Gasteiger partial charge in [-0.1, -0.05) is 29.8 Å². The second kappa shape index (κ2) is 7.16. The van der Waals surface area contributed by atoms with Crippen molar-refractivity contribution >= 4 is 33.3 Å². The van der Waals surface area contributed by atoms with Crippen LogP contribution in [0, 0.1) is 0 Å². The van der Waals surface area contributed by atoms with E-state index in [1.165, 1.54) is 24.3 Å². The van der Waals surface area contributed by atoms with Crippen molar-refractivity contribution in [3.63, 3.8) is 0 Å². The summed E-state index contributed by atoms with van der Waals surface area (Å²) in [4.78, 5) is 11.1. The fourth-order valence-electron chi connectivity index (χ4n) is 2.21. The van der Waals surface area contributed by atoms with E-state index in [9.17, 15) is 31.5 Å². The number of halogens is 4. The van der Waals surface area contributed by atoms with Crippen molar-refractivity contribution in [3.8, 4) is 0 Å². The third-order valence-electron chi connectivity index (χ3n) is 3.52. The lowest BCUT2D eigenvalue weighted by Gasteiger charge is -2.29. The first kappa shape index (κ1) is 20.1. The number of carboxylic acids is 1. The van der Waals surface area contributed by atoms with Crippen LogP contribution in [0.25, 0.3) is 0 Å². The molecule has 1 atom stereocenters. The van der Waals surface area contributed by atoms with Crippen LogP contribution in [0.1, 0.15) is 12.5 Å². The van der Waals surface area contributed by atoms with Crippen LogP contribution in [-0.4, -0.2) is 25.5 Å². The average molecular weight is 408 g/mol. The molecule has 10 heteroatoms. The van der Waals surface area contributed by atoms with Gasteiger partial charge in [-0.15, -0.1) is 0 Å². The maximum absolute atomic E-state index is 13.0. The zero-order chi connectivity index (χ0) is 19.7. The topological polar surface area (TPSA) is 74.7 Å². The molecule has 0 aliphatic heterocycles. The molecule has 2 aromatic carbocycles. The van der Waals surface area contributed by atoms with Crippen LogP contribution in [0.2, 0.25) is 5.02 Å². The summed E-state index contributed by atoms with van der Waals surface area (Å²) in [5.41, 5.74) is -1.72. The van der Waals surface area contributed by atoms with E-state index >= 15 is 0 Å². The van der Waals surface area contributed by atoms with Gasteiger partial charge in [-0.05, 0) is 37.3 Å². The smallest absolute Gasteiger partial charge is 0.416 e. The molecule has 2 rings (SSSR count). The molecule has 0 heterocycles. The first-order valence-electron chi connectivity index (χ1n) is 7.15. The van der Waals surface area contributed by atoms with E-state index in [4.69, 9.17) is 11.6 Å². The van der Waals surface area contributed by atoms with E-state index in [0.29, 0.717) is 16.4 Å². The molecule has 0 aliphatic rings. The molecule has 0 fully saturated rings. The number of sulfonamides is 1. The maximum atomic E-state index is 13.0. The first-order valence-corrected chi connectivity index (χ1v) is 8.97. The zero-order valence-corrected chi connectivity index (χ0v) is 14.8. The Morgan fingerprint density at radius 3 is 2.23 bits per heavy atom. The molecule has 0 saturated carbocycles. The Balaban J connectivity index is 2.74. The molecular formula is C16H13ClF3NO4S. The van der Waals surface area contributed by atoms with Crippen molar-refractivity contribution in [3.05, 3.63) is 59.1 Å². The summed E-state index contributed by atoms with van der Waals surface area (Å²) >= 11 is 5.92. The molecule has 0 amide bonds. The largest absolute Gasteiger partial charge is 0.480 e. The number of aliphatic carboxylic acids is 1. The molecule has 140 valence electrons. The van der Waals surface area contributed by atoms with Gasteiger partial charge >= 0.3 is 12.1 Å². The Kier molecular flexibility index (Phi) is 5.52. The monoisotopic (exact) mass is 407 g/mol. The third-order valence-corrected chi connectivity index (χ3v) is 5.74. The minimum atomic E-state index is -4.76. The molecule has 5 nitrogen and oxygen atoms in total. The summed E-state index contributed by atoms with van der Waals surface area (Å²) in [6.07, 6.45) is -4.76. The summed E-state index contributed by atoms with van der Waals surface area (Å²) in [7, 11) is -4.48. The SMILES string of the molecule is CC(C(=O)O)N(c1cc(C(F)(F)F)ccc1Cl)S(=O)(=O)c1ccccc1. The predicted molar refractivity (Wildman–Crippen MR) is 89.7 cm³/mol. The number of anilines is 1. The number of alkyl halides is 3. The molecule has 0 aromatic heterocycles. The van der Waals surface area contributed by atoms with Crippen molar-refractivity contribution in [1.82, 2.24) is 0 Å². The van der Waals surface area contributed by atoms with Gasteiger partial charge in [0.2, 0.25) is 0 Å². The number of nitrogens with zero attached hydrogens (tertiary/aromatic N) is 1. The number of carboxylic acid groups (broad SMARTS) is 1. The summed E-state index contributed by atoms with van der Waals surface area (Å²) in [5.74, 6) is -1.54. The Morgan fingerprint density at radius 1 is 1.15 bits per heavy atom. The Bertz CT molecular complexity index is 917. The average Bonchev–Trinajstić information content (AvgIpc) is 2.56. The van der Waals surface area contributed by atoms with Crippen LogP contribution >= 0.6 is 11.6 Å². The molecular weight excluding hydrogens is 395 g/mol. The van der Waals surface area contributed by atoms with Gasteiger partial charge in [-0.2, -0.15) is 13.2 Å². The highest BCUT2D eigenvalue weighted by Crippen LogP contribution is 2.38. The molecule has 1 unspecified atom stereocenters. The van der Waals surface area contributed by atoms with Gasteiger partial charge < -0.3 is 5.11 Å². The minimum Gasteiger partial charge on any atom is -0.480 e. The standard InChI is InChI=1S/C16H13ClF3NO4S/c1-10(15(22)23)21(26(24,25)12-5-3-2-4-6-12)14-9-11(16(18,19)20)7-8-13(14)17/h2-10H,1H3,(H,22,23). The highest BCUT2D eigenvalue weighted by atomic mass is 35.5. The summed E-state index contributed by atoms with van der Waals surface area (Å²) < 4.78 is 65.3. The van der Waals surface area contributed by atoms with Crippen LogP contribution in [-0.2, 0) is 21.0 Å². The van der Waals surface area contributed by atoms with Crippen LogP contribution in [0.5, 0.6) is 0 Å². The third kappa shape index (κ3) is 3.94. The Hall–Kier alpha value is -2.26. The Labute approximate surface area is 152 Å². The highest BCUT2D eigenvalue weighted by molar-refractivity contribution is 7.93. The van der Waals surface area contributed by atoms with Gasteiger partial charge in [0.05, 0.1) is 21.2 Å². The van der Waals surface area contributed by atoms with Crippen molar-refractivity contribution in [2.24, 2.45) is 0 Å². The van der Waals surface area contributed by atoms with Gasteiger partial charge in [-0.3, -0.25) is 4.31 Å². The lowest BCUT2D eigenvalue weighted by atomic mass is 10.2. The van der Waals surface area contributed by atoms with Gasteiger partial charge in [0.15, 0.2) is 0 Å². The Morgan fingerprint density at radius 2 is 1.73 bits per heavy atom. The summed E-state index contributed by atoms with van der Waals surface area (Å²) in [6.45, 7) is 1.04. The van der Waals surface area contributed by atoms with Crippen LogP contribution < -0.4 is 4.31 Å². The van der Waals surface area contributed by atoms with Crippen molar-refractivity contribution in [2.75, 3.05) is 4.31 Å². The number of hydrogen-bond donors (Lipinski definition) is 1. The quantitative estimate of drug-likeness (QED) is 0.812. The maximum Gasteiger partial charge on any atom is 0.416 e. The van der Waals surface area contributed by atoms with Gasteiger partial charge in [0.25, 0.3) is 10.0 Å². The molecule has 0 bridgehead atoms. The molecule has 0 aliphatic carbocycles. The molecule has 0 saturated heterocycles. The molecule has 0 radical (unpaired) electrons. The van der Waals surface area contributed by atoms with E-state index in [2.05, 4.69) is 0 Å². The summed E-state index contributed by atoms with van der Waals surface area (Å²) in [6, 6.07) is 7.16. The number of hydrogen-bond acceptors (Lipinski definition) is 3. The van der Waals surface area contributed by atoms with Crippen LogP contribution in [0.15, 0.2) is 53.4 Å². The van der Waals surface area contributed by atoms with E-state index in [1.807, 2.05) is 0 Å². The second-order valence-electron chi connectivity index (χ2n) is 5.29. The lowest BCUT2D eigenvalue weighted by molar-refractivity contribution is -0.138. The zero-order valence-electron chi connectivity index (χ0n) is 13.2. The molecule has 0 spiro atoms. The highest BCUT2D eigenvalue weighted by Gasteiger charge is 2.37. The van der Waals surface area contributed by atoms with Gasteiger partial charge in [0.1, 0.15) is 6.04 Å². The predicted octanol–water partition coefficient (Wildman–Crippen LogP) is 4.03. The van der Waals surface area contributed by atoms with Crippen molar-refractivity contribution < 1.29 is 31.5 Å². The molecule has 1 N–H and O–H groups in total. The second-order valence-corrected chi connectivity index (χ2v) is 7.51. The number of rotatable bonds is 5. The lowest BCUT2D eigenvalue weighted by Crippen LogP contribution is -2.43. The number of carbonyl (C=O) groups is 1.